The van der Waals surface area contributed by atoms with E-state index in [4.69, 9.17) is 28.8 Å². The van der Waals surface area contributed by atoms with Gasteiger partial charge in [0.05, 0.1) is 34.0 Å². The molecule has 3 rings (SSSR count). The standard InChI is InChI=1S/C26H34O12/c1-34-18-10-14(4-3-9-27)5-7-16(18)36-20(12-28)22(30)15-6-8-17(19(11-15)35-2)37-26-25(33)24(32)23(31)21(13-29)38-26/h3-8,10-11,20-33H,9,12-13H2,1-2H3/t20-,21-,22-,23-,24+,25+,26+/m1/s1. The Hall–Kier alpha value is -2.94. The fourth-order valence-corrected chi connectivity index (χ4v) is 3.91. The highest BCUT2D eigenvalue weighted by atomic mass is 16.7. The minimum atomic E-state index is -1.62. The maximum Gasteiger partial charge on any atom is 0.229 e. The molecule has 0 radical (unpaired) electrons. The molecule has 0 aliphatic carbocycles. The highest BCUT2D eigenvalue weighted by Crippen LogP contribution is 2.36. The van der Waals surface area contributed by atoms with Crippen LogP contribution in [0.25, 0.3) is 6.08 Å². The summed E-state index contributed by atoms with van der Waals surface area (Å²) in [6.07, 6.45) is -6.47. The predicted molar refractivity (Wildman–Crippen MR) is 133 cm³/mol. The molecule has 12 nitrogen and oxygen atoms in total. The van der Waals surface area contributed by atoms with E-state index in [9.17, 15) is 30.6 Å². The summed E-state index contributed by atoms with van der Waals surface area (Å²) in [7, 11) is 2.80. The minimum Gasteiger partial charge on any atom is -0.493 e. The second kappa shape index (κ2) is 13.7. The van der Waals surface area contributed by atoms with Crippen molar-refractivity contribution in [2.45, 2.75) is 42.9 Å². The molecular weight excluding hydrogens is 504 g/mol. The van der Waals surface area contributed by atoms with Crippen molar-refractivity contribution in [1.29, 1.82) is 0 Å². The lowest BCUT2D eigenvalue weighted by Gasteiger charge is -2.39. The topological polar surface area (TPSA) is 188 Å². The normalized spacial score (nSPS) is 25.1. The summed E-state index contributed by atoms with van der Waals surface area (Å²) < 4.78 is 27.6. The van der Waals surface area contributed by atoms with E-state index in [1.54, 1.807) is 30.4 Å². The Morgan fingerprint density at radius 1 is 0.868 bits per heavy atom. The van der Waals surface area contributed by atoms with Gasteiger partial charge < -0.3 is 59.4 Å². The zero-order valence-corrected chi connectivity index (χ0v) is 21.0. The smallest absolute Gasteiger partial charge is 0.229 e. The van der Waals surface area contributed by atoms with Gasteiger partial charge in [0.1, 0.15) is 30.5 Å². The molecule has 0 saturated carbocycles. The molecule has 7 atom stereocenters. The molecule has 1 saturated heterocycles. The third kappa shape index (κ3) is 6.73. The first-order valence-corrected chi connectivity index (χ1v) is 11.8. The van der Waals surface area contributed by atoms with Gasteiger partial charge in [0.25, 0.3) is 0 Å². The first kappa shape index (κ1) is 29.6. The Morgan fingerprint density at radius 3 is 2.18 bits per heavy atom. The van der Waals surface area contributed by atoms with Gasteiger partial charge >= 0.3 is 0 Å². The van der Waals surface area contributed by atoms with Crippen molar-refractivity contribution in [2.75, 3.05) is 34.0 Å². The molecule has 1 fully saturated rings. The monoisotopic (exact) mass is 538 g/mol. The molecule has 0 spiro atoms. The van der Waals surface area contributed by atoms with Crippen molar-refractivity contribution >= 4 is 6.08 Å². The second-order valence-corrected chi connectivity index (χ2v) is 8.50. The Labute approximate surface area is 219 Å². The molecule has 0 aromatic heterocycles. The van der Waals surface area contributed by atoms with Gasteiger partial charge in [0, 0.05) is 0 Å². The number of hydrogen-bond acceptors (Lipinski definition) is 12. The van der Waals surface area contributed by atoms with Crippen LogP contribution in [-0.4, -0.2) is 107 Å². The van der Waals surface area contributed by atoms with Crippen molar-refractivity contribution < 1.29 is 59.4 Å². The van der Waals surface area contributed by atoms with Crippen LogP contribution in [0.15, 0.2) is 42.5 Å². The molecule has 1 aliphatic heterocycles. The molecule has 38 heavy (non-hydrogen) atoms. The molecule has 12 heteroatoms. The van der Waals surface area contributed by atoms with Crippen LogP contribution in [0.2, 0.25) is 0 Å². The third-order valence-corrected chi connectivity index (χ3v) is 6.03. The Morgan fingerprint density at radius 2 is 1.55 bits per heavy atom. The molecule has 0 unspecified atom stereocenters. The van der Waals surface area contributed by atoms with Gasteiger partial charge in [0.2, 0.25) is 6.29 Å². The molecule has 1 heterocycles. The van der Waals surface area contributed by atoms with E-state index in [-0.39, 0.29) is 23.9 Å². The van der Waals surface area contributed by atoms with Crippen LogP contribution >= 0.6 is 0 Å². The number of benzene rings is 2. The first-order valence-electron chi connectivity index (χ1n) is 11.8. The third-order valence-electron chi connectivity index (χ3n) is 6.03. The zero-order chi connectivity index (χ0) is 27.8. The van der Waals surface area contributed by atoms with E-state index in [0.717, 1.165) is 5.56 Å². The van der Waals surface area contributed by atoms with Gasteiger partial charge in [-0.3, -0.25) is 0 Å². The summed E-state index contributed by atoms with van der Waals surface area (Å²) in [5, 5.41) is 69.4. The zero-order valence-electron chi connectivity index (χ0n) is 21.0. The lowest BCUT2D eigenvalue weighted by atomic mass is 9.99. The molecule has 7 N–H and O–H groups in total. The molecule has 1 aliphatic rings. The van der Waals surface area contributed by atoms with Gasteiger partial charge in [-0.15, -0.1) is 0 Å². The van der Waals surface area contributed by atoms with Crippen LogP contribution in [0, 0.1) is 0 Å². The Kier molecular flexibility index (Phi) is 10.7. The molecule has 2 aromatic carbocycles. The Bertz CT molecular complexity index is 1060. The molecular formula is C26H34O12. The van der Waals surface area contributed by atoms with Gasteiger partial charge in [-0.25, -0.2) is 0 Å². The fourth-order valence-electron chi connectivity index (χ4n) is 3.91. The van der Waals surface area contributed by atoms with Crippen LogP contribution < -0.4 is 18.9 Å². The van der Waals surface area contributed by atoms with E-state index in [1.807, 2.05) is 0 Å². The lowest BCUT2D eigenvalue weighted by molar-refractivity contribution is -0.277. The molecule has 2 aromatic rings. The summed E-state index contributed by atoms with van der Waals surface area (Å²) in [4.78, 5) is 0. The van der Waals surface area contributed by atoms with Crippen molar-refractivity contribution in [3.8, 4) is 23.0 Å². The van der Waals surface area contributed by atoms with E-state index >= 15 is 0 Å². The second-order valence-electron chi connectivity index (χ2n) is 8.50. The fraction of sp³-hybridized carbons (Fsp3) is 0.462. The molecule has 0 bridgehead atoms. The van der Waals surface area contributed by atoms with Crippen LogP contribution in [0.5, 0.6) is 23.0 Å². The maximum atomic E-state index is 11.0. The van der Waals surface area contributed by atoms with E-state index in [1.165, 1.54) is 32.4 Å². The quantitative estimate of drug-likeness (QED) is 0.181. The van der Waals surface area contributed by atoms with Crippen molar-refractivity contribution in [2.24, 2.45) is 0 Å². The first-order chi connectivity index (χ1) is 18.3. The Balaban J connectivity index is 1.78. The summed E-state index contributed by atoms with van der Waals surface area (Å²) in [5.74, 6) is 0.855. The number of methoxy groups -OCH3 is 2. The number of rotatable bonds is 12. The maximum absolute atomic E-state index is 11.0. The van der Waals surface area contributed by atoms with Crippen LogP contribution in [0.4, 0.5) is 0 Å². The molecule has 210 valence electrons. The van der Waals surface area contributed by atoms with Gasteiger partial charge in [0.15, 0.2) is 29.1 Å². The largest absolute Gasteiger partial charge is 0.493 e. The minimum absolute atomic E-state index is 0.0856. The number of ether oxygens (including phenoxy) is 5. The SMILES string of the molecule is COc1cc([C@@H](O)[C@@H](CO)Oc2ccc(C=CCO)cc2OC)ccc1O[C@H]1O[C@H](CO)[C@@H](O)[C@H](O)[C@@H]1O. The number of hydrogen-bond donors (Lipinski definition) is 7. The van der Waals surface area contributed by atoms with Crippen LogP contribution in [0.3, 0.4) is 0 Å². The number of aliphatic hydroxyl groups is 7. The highest BCUT2D eigenvalue weighted by Gasteiger charge is 2.45. The average molecular weight is 539 g/mol. The van der Waals surface area contributed by atoms with Gasteiger partial charge in [-0.05, 0) is 35.4 Å². The average Bonchev–Trinajstić information content (AvgIpc) is 2.94. The van der Waals surface area contributed by atoms with Crippen molar-refractivity contribution in [3.05, 3.63) is 53.6 Å². The lowest BCUT2D eigenvalue weighted by Crippen LogP contribution is -2.60. The number of aliphatic hydroxyl groups excluding tert-OH is 7. The van der Waals surface area contributed by atoms with Gasteiger partial charge in [-0.2, -0.15) is 0 Å². The van der Waals surface area contributed by atoms with Crippen molar-refractivity contribution in [3.63, 3.8) is 0 Å². The predicted octanol–water partition coefficient (Wildman–Crippen LogP) is -0.639. The summed E-state index contributed by atoms with van der Waals surface area (Å²) in [6.45, 7) is -1.26. The van der Waals surface area contributed by atoms with Crippen molar-refractivity contribution in [1.82, 2.24) is 0 Å². The van der Waals surface area contributed by atoms with E-state index in [2.05, 4.69) is 0 Å². The summed E-state index contributed by atoms with van der Waals surface area (Å²) >= 11 is 0. The summed E-state index contributed by atoms with van der Waals surface area (Å²) in [5.41, 5.74) is 1.06. The van der Waals surface area contributed by atoms with Crippen LogP contribution in [-0.2, 0) is 4.74 Å². The van der Waals surface area contributed by atoms with E-state index in [0.29, 0.717) is 11.3 Å². The highest BCUT2D eigenvalue weighted by molar-refractivity contribution is 5.56. The molecule has 0 amide bonds. The van der Waals surface area contributed by atoms with E-state index < -0.39 is 56.1 Å². The summed E-state index contributed by atoms with van der Waals surface area (Å²) in [6, 6.07) is 9.36. The van der Waals surface area contributed by atoms with Gasteiger partial charge in [-0.1, -0.05) is 24.3 Å². The van der Waals surface area contributed by atoms with Crippen LogP contribution in [0.1, 0.15) is 17.2 Å².